The molecule has 1 aliphatic carbocycles. The van der Waals surface area contributed by atoms with Crippen molar-refractivity contribution >= 4 is 24.5 Å². The molecule has 1 saturated carbocycles. The van der Waals surface area contributed by atoms with E-state index in [1.54, 1.807) is 19.1 Å². The molecule has 170 valence electrons. The predicted octanol–water partition coefficient (Wildman–Crippen LogP) is 1.45. The number of alkyl halides is 2. The minimum atomic E-state index is -2.67. The Bertz CT molecular complexity index is 847. The normalized spacial score (nSPS) is 19.6. The lowest BCUT2D eigenvalue weighted by molar-refractivity contribution is -0.154. The van der Waals surface area contributed by atoms with Crippen LogP contribution in [0.1, 0.15) is 61.0 Å². The van der Waals surface area contributed by atoms with E-state index < -0.39 is 36.6 Å². The van der Waals surface area contributed by atoms with E-state index >= 15 is 0 Å². The van der Waals surface area contributed by atoms with Gasteiger partial charge in [0, 0.05) is 18.4 Å². The van der Waals surface area contributed by atoms with Crippen LogP contribution in [-0.4, -0.2) is 53.3 Å². The number of esters is 1. The predicted molar refractivity (Wildman–Crippen MR) is 109 cm³/mol. The summed E-state index contributed by atoms with van der Waals surface area (Å²) in [5.74, 6) is -4.29. The molecule has 1 unspecified atom stereocenters. The minimum Gasteiger partial charge on any atom is -0.464 e. The Balaban J connectivity index is 1.67. The highest BCUT2D eigenvalue weighted by Crippen LogP contribution is 2.36. The Morgan fingerprint density at radius 3 is 2.61 bits per heavy atom. The van der Waals surface area contributed by atoms with E-state index in [-0.39, 0.29) is 50.4 Å². The number of amides is 1. The first kappa shape index (κ1) is 23.6. The van der Waals surface area contributed by atoms with Gasteiger partial charge in [-0.1, -0.05) is 6.07 Å². The van der Waals surface area contributed by atoms with E-state index in [1.165, 1.54) is 13.8 Å². The summed E-state index contributed by atoms with van der Waals surface area (Å²) in [6.45, 7) is 4.60. The van der Waals surface area contributed by atoms with Crippen LogP contribution in [0.5, 0.6) is 0 Å². The number of hydrogen-bond acceptors (Lipinski definition) is 6. The fourth-order valence-corrected chi connectivity index (χ4v) is 4.04. The SMILES string of the molecule is Cc1c(C(=O)NC(C(=O)OCC2CCC(F)(F)CC2)C(C)(C)O)ccc2c1B(O)OC2. The Kier molecular flexibility index (Phi) is 6.74. The van der Waals surface area contributed by atoms with Gasteiger partial charge in [-0.15, -0.1) is 0 Å². The van der Waals surface area contributed by atoms with Crippen LogP contribution in [0, 0.1) is 12.8 Å². The third kappa shape index (κ3) is 5.42. The maximum atomic E-state index is 13.3. The second-order valence-electron chi connectivity index (χ2n) is 8.96. The van der Waals surface area contributed by atoms with Crippen molar-refractivity contribution in [2.75, 3.05) is 6.61 Å². The molecule has 1 amide bonds. The van der Waals surface area contributed by atoms with Crippen molar-refractivity contribution in [1.29, 1.82) is 0 Å². The Morgan fingerprint density at radius 1 is 1.35 bits per heavy atom. The molecule has 0 radical (unpaired) electrons. The van der Waals surface area contributed by atoms with E-state index in [0.29, 0.717) is 11.0 Å². The van der Waals surface area contributed by atoms with Gasteiger partial charge in [0.05, 0.1) is 18.8 Å². The molecule has 7 nitrogen and oxygen atoms in total. The monoisotopic (exact) mass is 439 g/mol. The molecule has 3 rings (SSSR count). The average molecular weight is 439 g/mol. The number of nitrogens with one attached hydrogen (secondary N) is 1. The molecule has 31 heavy (non-hydrogen) atoms. The van der Waals surface area contributed by atoms with E-state index in [0.717, 1.165) is 5.56 Å². The quantitative estimate of drug-likeness (QED) is 0.458. The molecule has 1 aromatic carbocycles. The van der Waals surface area contributed by atoms with Crippen LogP contribution in [0.25, 0.3) is 0 Å². The summed E-state index contributed by atoms with van der Waals surface area (Å²) in [5.41, 5.74) is 0.424. The van der Waals surface area contributed by atoms with Crippen molar-refractivity contribution in [3.63, 3.8) is 0 Å². The zero-order chi connectivity index (χ0) is 23.0. The van der Waals surface area contributed by atoms with Gasteiger partial charge in [-0.25, -0.2) is 13.6 Å². The summed E-state index contributed by atoms with van der Waals surface area (Å²) in [7, 11) is -1.12. The number of rotatable bonds is 6. The van der Waals surface area contributed by atoms with Crippen molar-refractivity contribution in [2.45, 2.75) is 70.6 Å². The highest BCUT2D eigenvalue weighted by atomic mass is 19.3. The van der Waals surface area contributed by atoms with Gasteiger partial charge in [-0.2, -0.15) is 0 Å². The molecular weight excluding hydrogens is 411 g/mol. The van der Waals surface area contributed by atoms with Crippen molar-refractivity contribution in [3.8, 4) is 0 Å². The lowest BCUT2D eigenvalue weighted by atomic mass is 9.75. The number of aliphatic hydroxyl groups is 1. The summed E-state index contributed by atoms with van der Waals surface area (Å²) >= 11 is 0. The lowest BCUT2D eigenvalue weighted by Crippen LogP contribution is -2.55. The van der Waals surface area contributed by atoms with Gasteiger partial charge in [0.2, 0.25) is 5.92 Å². The largest absolute Gasteiger partial charge is 0.492 e. The zero-order valence-corrected chi connectivity index (χ0v) is 17.9. The fourth-order valence-electron chi connectivity index (χ4n) is 4.04. The molecule has 1 fully saturated rings. The van der Waals surface area contributed by atoms with Gasteiger partial charge >= 0.3 is 13.1 Å². The smallest absolute Gasteiger partial charge is 0.464 e. The molecule has 0 aromatic heterocycles. The molecule has 3 N–H and O–H groups in total. The van der Waals surface area contributed by atoms with Crippen LogP contribution < -0.4 is 10.8 Å². The van der Waals surface area contributed by atoms with Gasteiger partial charge in [-0.3, -0.25) is 4.79 Å². The number of hydrogen-bond donors (Lipinski definition) is 3. The van der Waals surface area contributed by atoms with Crippen LogP contribution in [0.3, 0.4) is 0 Å². The van der Waals surface area contributed by atoms with Crippen LogP contribution in [-0.2, 0) is 20.8 Å². The molecular formula is C21H28BF2NO6. The highest BCUT2D eigenvalue weighted by Gasteiger charge is 2.39. The molecule has 1 heterocycles. The first-order chi connectivity index (χ1) is 14.4. The maximum Gasteiger partial charge on any atom is 0.492 e. The second kappa shape index (κ2) is 8.84. The number of benzene rings is 1. The number of fused-ring (bicyclic) bond motifs is 1. The van der Waals surface area contributed by atoms with Crippen LogP contribution in [0.2, 0.25) is 0 Å². The highest BCUT2D eigenvalue weighted by molar-refractivity contribution is 6.62. The van der Waals surface area contributed by atoms with Gasteiger partial charge < -0.3 is 24.8 Å². The topological polar surface area (TPSA) is 105 Å². The minimum absolute atomic E-state index is 0.0429. The van der Waals surface area contributed by atoms with Crippen LogP contribution in [0.4, 0.5) is 8.78 Å². The van der Waals surface area contributed by atoms with E-state index in [2.05, 4.69) is 5.32 Å². The Morgan fingerprint density at radius 2 is 2.00 bits per heavy atom. The van der Waals surface area contributed by atoms with Crippen molar-refractivity contribution < 1.29 is 37.9 Å². The number of halogens is 2. The van der Waals surface area contributed by atoms with E-state index in [1.807, 2.05) is 0 Å². The zero-order valence-electron chi connectivity index (χ0n) is 17.9. The van der Waals surface area contributed by atoms with Crippen molar-refractivity contribution in [1.82, 2.24) is 5.32 Å². The van der Waals surface area contributed by atoms with Gasteiger partial charge in [0.25, 0.3) is 5.91 Å². The third-order valence-corrected chi connectivity index (χ3v) is 6.01. The third-order valence-electron chi connectivity index (χ3n) is 6.01. The van der Waals surface area contributed by atoms with Gasteiger partial charge in [0.15, 0.2) is 6.04 Å². The molecule has 10 heteroatoms. The second-order valence-corrected chi connectivity index (χ2v) is 8.96. The standard InChI is InChI=1S/C21H28BF2NO6/c1-12-15(5-4-14-11-31-22(29)16(12)14)18(26)25-17(20(2,3)28)19(27)30-10-13-6-8-21(23,24)9-7-13/h4-5,13,17,28-29H,6-11H2,1-3H3,(H,25,26). The number of ether oxygens (including phenoxy) is 1. The number of carbonyl (C=O) groups excluding carboxylic acids is 2. The van der Waals surface area contributed by atoms with Gasteiger partial charge in [-0.05, 0) is 62.2 Å². The maximum absolute atomic E-state index is 13.3. The molecule has 1 aromatic rings. The molecule has 0 spiro atoms. The van der Waals surface area contributed by atoms with E-state index in [9.17, 15) is 28.5 Å². The molecule has 1 aliphatic heterocycles. The molecule has 0 bridgehead atoms. The summed E-state index contributed by atoms with van der Waals surface area (Å²) in [5, 5.41) is 22.9. The summed E-state index contributed by atoms with van der Waals surface area (Å²) in [4.78, 5) is 25.5. The Hall–Kier alpha value is -2.04. The first-order valence-electron chi connectivity index (χ1n) is 10.4. The Labute approximate surface area is 180 Å². The van der Waals surface area contributed by atoms with E-state index in [4.69, 9.17) is 9.39 Å². The summed E-state index contributed by atoms with van der Waals surface area (Å²) in [6.07, 6.45) is 0.0131. The van der Waals surface area contributed by atoms with Crippen LogP contribution >= 0.6 is 0 Å². The van der Waals surface area contributed by atoms with Crippen LogP contribution in [0.15, 0.2) is 12.1 Å². The fraction of sp³-hybridized carbons (Fsp3) is 0.619. The average Bonchev–Trinajstić information content (AvgIpc) is 3.06. The molecule has 2 aliphatic rings. The molecule has 1 atom stereocenters. The molecule has 0 saturated heterocycles. The number of carbonyl (C=O) groups is 2. The summed E-state index contributed by atoms with van der Waals surface area (Å²) in [6, 6.07) is 1.88. The van der Waals surface area contributed by atoms with Gasteiger partial charge in [0.1, 0.15) is 0 Å². The lowest BCUT2D eigenvalue weighted by Gasteiger charge is -2.31. The van der Waals surface area contributed by atoms with Crippen molar-refractivity contribution in [3.05, 3.63) is 28.8 Å². The van der Waals surface area contributed by atoms with Crippen molar-refractivity contribution in [2.24, 2.45) is 5.92 Å². The summed E-state index contributed by atoms with van der Waals surface area (Å²) < 4.78 is 37.0. The first-order valence-corrected chi connectivity index (χ1v) is 10.4.